The summed E-state index contributed by atoms with van der Waals surface area (Å²) >= 11 is 2.89. The van der Waals surface area contributed by atoms with Gasteiger partial charge in [-0.25, -0.2) is 4.39 Å². The van der Waals surface area contributed by atoms with Gasteiger partial charge in [0.15, 0.2) is 0 Å². The van der Waals surface area contributed by atoms with Crippen LogP contribution in [0.3, 0.4) is 0 Å². The van der Waals surface area contributed by atoms with Crippen LogP contribution >= 0.6 is 15.9 Å². The van der Waals surface area contributed by atoms with Crippen LogP contribution < -0.4 is 4.74 Å². The van der Waals surface area contributed by atoms with Crippen LogP contribution in [0.15, 0.2) is 40.9 Å². The third-order valence-corrected chi connectivity index (χ3v) is 3.12. The molecule has 0 bridgehead atoms. The van der Waals surface area contributed by atoms with E-state index in [1.807, 2.05) is 0 Å². The first-order valence-corrected chi connectivity index (χ1v) is 6.31. The van der Waals surface area contributed by atoms with Crippen molar-refractivity contribution in [3.63, 3.8) is 0 Å². The summed E-state index contributed by atoms with van der Waals surface area (Å²) in [6, 6.07) is 8.35. The molecule has 5 nitrogen and oxygen atoms in total. The van der Waals surface area contributed by atoms with Crippen molar-refractivity contribution < 1.29 is 19.2 Å². The molecule has 0 aromatic heterocycles. The average molecular weight is 342 g/mol. The molecule has 0 heterocycles. The van der Waals surface area contributed by atoms with Crippen molar-refractivity contribution in [1.82, 2.24) is 0 Å². The van der Waals surface area contributed by atoms with E-state index in [0.717, 1.165) is 12.1 Å². The molecular formula is C13H9BrFNO4. The fraction of sp³-hybridized carbons (Fsp3) is 0.0769. The monoisotopic (exact) mass is 341 g/mol. The van der Waals surface area contributed by atoms with Crippen LogP contribution in [0.25, 0.3) is 0 Å². The van der Waals surface area contributed by atoms with Gasteiger partial charge < -0.3 is 9.84 Å². The first-order valence-electron chi connectivity index (χ1n) is 5.52. The second-order valence-electron chi connectivity index (χ2n) is 3.90. The predicted molar refractivity (Wildman–Crippen MR) is 73.2 cm³/mol. The van der Waals surface area contributed by atoms with Crippen molar-refractivity contribution in [1.29, 1.82) is 0 Å². The van der Waals surface area contributed by atoms with Crippen LogP contribution in [0.5, 0.6) is 11.5 Å². The van der Waals surface area contributed by atoms with Crippen LogP contribution in [-0.4, -0.2) is 10.0 Å². The van der Waals surface area contributed by atoms with Crippen molar-refractivity contribution in [3.05, 3.63) is 62.4 Å². The van der Waals surface area contributed by atoms with Crippen LogP contribution in [0.2, 0.25) is 0 Å². The van der Waals surface area contributed by atoms with Gasteiger partial charge in [0.25, 0.3) is 0 Å². The van der Waals surface area contributed by atoms with Gasteiger partial charge in [0.05, 0.1) is 16.0 Å². The van der Waals surface area contributed by atoms with Gasteiger partial charge >= 0.3 is 5.69 Å². The summed E-state index contributed by atoms with van der Waals surface area (Å²) in [6.07, 6.45) is 0. The van der Waals surface area contributed by atoms with Crippen molar-refractivity contribution in [2.45, 2.75) is 6.61 Å². The number of hydrogen-bond acceptors (Lipinski definition) is 4. The number of aliphatic hydroxyl groups is 1. The van der Waals surface area contributed by atoms with Gasteiger partial charge in [-0.15, -0.1) is 0 Å². The zero-order valence-electron chi connectivity index (χ0n) is 10.0. The standard InChI is InChI=1S/C13H9BrFNO4/c14-10-5-12(16(18)19)13(6-11(10)15)20-9-3-1-2-8(4-9)7-17/h1-6,17H,7H2. The van der Waals surface area contributed by atoms with Crippen LogP contribution in [0, 0.1) is 15.9 Å². The Morgan fingerprint density at radius 3 is 2.75 bits per heavy atom. The maximum absolute atomic E-state index is 13.5. The molecule has 0 aliphatic heterocycles. The fourth-order valence-corrected chi connectivity index (χ4v) is 1.91. The summed E-state index contributed by atoms with van der Waals surface area (Å²) in [6.45, 7) is -0.187. The van der Waals surface area contributed by atoms with Crippen LogP contribution in [0.1, 0.15) is 5.56 Å². The first kappa shape index (κ1) is 14.4. The molecule has 0 aliphatic rings. The number of rotatable bonds is 4. The smallest absolute Gasteiger partial charge is 0.312 e. The zero-order chi connectivity index (χ0) is 14.7. The molecule has 2 rings (SSSR count). The normalized spacial score (nSPS) is 10.3. The van der Waals surface area contributed by atoms with E-state index in [0.29, 0.717) is 5.56 Å². The number of benzene rings is 2. The van der Waals surface area contributed by atoms with Crippen molar-refractivity contribution in [2.75, 3.05) is 0 Å². The van der Waals surface area contributed by atoms with Gasteiger partial charge in [-0.1, -0.05) is 12.1 Å². The molecule has 104 valence electrons. The minimum atomic E-state index is -0.663. The molecular weight excluding hydrogens is 333 g/mol. The minimum Gasteiger partial charge on any atom is -0.450 e. The van der Waals surface area contributed by atoms with E-state index in [4.69, 9.17) is 9.84 Å². The van der Waals surface area contributed by atoms with E-state index in [9.17, 15) is 14.5 Å². The van der Waals surface area contributed by atoms with Gasteiger partial charge in [-0.2, -0.15) is 0 Å². The molecule has 0 atom stereocenters. The molecule has 0 spiro atoms. The highest BCUT2D eigenvalue weighted by molar-refractivity contribution is 9.10. The highest BCUT2D eigenvalue weighted by atomic mass is 79.9. The minimum absolute atomic E-state index is 0.0133. The maximum Gasteiger partial charge on any atom is 0.312 e. The molecule has 0 unspecified atom stereocenters. The average Bonchev–Trinajstić information content (AvgIpc) is 2.42. The summed E-state index contributed by atoms with van der Waals surface area (Å²) in [5.41, 5.74) is 0.232. The molecule has 2 aromatic carbocycles. The number of hydrogen-bond donors (Lipinski definition) is 1. The lowest BCUT2D eigenvalue weighted by atomic mass is 10.2. The van der Waals surface area contributed by atoms with Gasteiger partial charge in [-0.05, 0) is 33.6 Å². The lowest BCUT2D eigenvalue weighted by Gasteiger charge is -2.08. The number of aliphatic hydroxyl groups excluding tert-OH is 1. The van der Waals surface area contributed by atoms with Crippen molar-refractivity contribution in [2.24, 2.45) is 0 Å². The second kappa shape index (κ2) is 5.98. The Kier molecular flexibility index (Phi) is 4.31. The van der Waals surface area contributed by atoms with Gasteiger partial charge in [0.2, 0.25) is 5.75 Å². The molecule has 0 saturated carbocycles. The molecule has 0 fully saturated rings. The van der Waals surface area contributed by atoms with Crippen molar-refractivity contribution in [3.8, 4) is 11.5 Å². The molecule has 1 N–H and O–H groups in total. The summed E-state index contributed by atoms with van der Waals surface area (Å²) < 4.78 is 18.8. The van der Waals surface area contributed by atoms with Crippen LogP contribution in [0.4, 0.5) is 10.1 Å². The second-order valence-corrected chi connectivity index (χ2v) is 4.75. The summed E-state index contributed by atoms with van der Waals surface area (Å²) in [7, 11) is 0. The summed E-state index contributed by atoms with van der Waals surface area (Å²) in [5.74, 6) is -0.587. The molecule has 2 aromatic rings. The molecule has 0 aliphatic carbocycles. The van der Waals surface area contributed by atoms with Gasteiger partial charge in [-0.3, -0.25) is 10.1 Å². The Bertz CT molecular complexity index is 663. The Morgan fingerprint density at radius 1 is 1.35 bits per heavy atom. The predicted octanol–water partition coefficient (Wildman–Crippen LogP) is 3.78. The Balaban J connectivity index is 2.41. The van der Waals surface area contributed by atoms with E-state index < -0.39 is 10.7 Å². The highest BCUT2D eigenvalue weighted by Gasteiger charge is 2.19. The molecule has 0 amide bonds. The number of halogens is 2. The number of nitro groups is 1. The first-order chi connectivity index (χ1) is 9.51. The third kappa shape index (κ3) is 3.12. The molecule has 0 saturated heterocycles. The van der Waals surface area contributed by atoms with E-state index >= 15 is 0 Å². The zero-order valence-corrected chi connectivity index (χ0v) is 11.6. The maximum atomic E-state index is 13.5. The molecule has 20 heavy (non-hydrogen) atoms. The number of ether oxygens (including phenoxy) is 1. The largest absolute Gasteiger partial charge is 0.450 e. The molecule has 7 heteroatoms. The SMILES string of the molecule is O=[N+]([O-])c1cc(Br)c(F)cc1Oc1cccc(CO)c1. The van der Waals surface area contributed by atoms with Gasteiger partial charge in [0.1, 0.15) is 11.6 Å². The topological polar surface area (TPSA) is 72.6 Å². The highest BCUT2D eigenvalue weighted by Crippen LogP contribution is 2.35. The third-order valence-electron chi connectivity index (χ3n) is 2.51. The van der Waals surface area contributed by atoms with Gasteiger partial charge in [0, 0.05) is 12.1 Å². The van der Waals surface area contributed by atoms with Crippen molar-refractivity contribution >= 4 is 21.6 Å². The van der Waals surface area contributed by atoms with E-state index in [-0.39, 0.29) is 28.3 Å². The summed E-state index contributed by atoms with van der Waals surface area (Å²) in [4.78, 5) is 10.3. The number of nitro benzene ring substituents is 1. The molecule has 0 radical (unpaired) electrons. The number of nitrogens with zero attached hydrogens (tertiary/aromatic N) is 1. The van der Waals surface area contributed by atoms with E-state index in [1.165, 1.54) is 6.07 Å². The lowest BCUT2D eigenvalue weighted by Crippen LogP contribution is -1.95. The Hall–Kier alpha value is -1.99. The van der Waals surface area contributed by atoms with E-state index in [2.05, 4.69) is 15.9 Å². The summed E-state index contributed by atoms with van der Waals surface area (Å²) in [5, 5.41) is 20.0. The Labute approximate surface area is 121 Å². The fourth-order valence-electron chi connectivity index (χ4n) is 1.58. The lowest BCUT2D eigenvalue weighted by molar-refractivity contribution is -0.385. The van der Waals surface area contributed by atoms with Crippen LogP contribution in [-0.2, 0) is 6.61 Å². The van der Waals surface area contributed by atoms with E-state index in [1.54, 1.807) is 18.2 Å². The Morgan fingerprint density at radius 2 is 2.10 bits per heavy atom. The quantitative estimate of drug-likeness (QED) is 0.678.